The first-order chi connectivity index (χ1) is 9.61. The third-order valence-corrected chi connectivity index (χ3v) is 3.52. The normalized spacial score (nSPS) is 22.9. The molecule has 0 aromatic heterocycles. The number of carboxylic acids is 1. The summed E-state index contributed by atoms with van der Waals surface area (Å²) in [5, 5.41) is 12.7. The van der Waals surface area contributed by atoms with Crippen LogP contribution in [0.3, 0.4) is 0 Å². The van der Waals surface area contributed by atoms with Crippen LogP contribution in [0.15, 0.2) is 17.8 Å². The average molecular weight is 282 g/mol. The van der Waals surface area contributed by atoms with Crippen LogP contribution >= 0.6 is 0 Å². The van der Waals surface area contributed by atoms with E-state index >= 15 is 0 Å². The number of carbonyl (C=O) groups is 2. The highest BCUT2D eigenvalue weighted by Gasteiger charge is 2.34. The highest BCUT2D eigenvalue weighted by atomic mass is 16.7. The van der Waals surface area contributed by atoms with Crippen LogP contribution in [0, 0.1) is 5.92 Å². The number of carbonyl (C=O) groups excluding carboxylic acids is 1. The Morgan fingerprint density at radius 2 is 2.20 bits per heavy atom. The largest absolute Gasteiger partial charge is 0.478 e. The van der Waals surface area contributed by atoms with Gasteiger partial charge in [0.25, 0.3) is 0 Å². The molecule has 1 N–H and O–H groups in total. The molecule has 2 aliphatic heterocycles. The van der Waals surface area contributed by atoms with Gasteiger partial charge in [-0.05, 0) is 12.8 Å². The van der Waals surface area contributed by atoms with Crippen molar-refractivity contribution in [2.75, 3.05) is 19.7 Å². The van der Waals surface area contributed by atoms with Gasteiger partial charge in [-0.3, -0.25) is 0 Å². The summed E-state index contributed by atoms with van der Waals surface area (Å²) in [7, 11) is 0. The average Bonchev–Trinajstić information content (AvgIpc) is 2.95. The Labute approximate surface area is 116 Å². The number of oxime groups is 1. The molecule has 7 nitrogen and oxygen atoms in total. The molecule has 0 bridgehead atoms. The number of nitrogens with zero attached hydrogens (tertiary/aromatic N) is 2. The number of hydrogen-bond acceptors (Lipinski definition) is 5. The van der Waals surface area contributed by atoms with Crippen molar-refractivity contribution in [3.05, 3.63) is 12.7 Å². The van der Waals surface area contributed by atoms with Crippen LogP contribution in [0.4, 0.5) is 4.79 Å². The molecule has 1 fully saturated rings. The lowest BCUT2D eigenvalue weighted by atomic mass is 9.89. The summed E-state index contributed by atoms with van der Waals surface area (Å²) in [5.41, 5.74) is 0.788. The molecule has 1 saturated heterocycles. The van der Waals surface area contributed by atoms with E-state index in [2.05, 4.69) is 11.7 Å². The van der Waals surface area contributed by atoms with Crippen LogP contribution in [0.1, 0.15) is 19.3 Å². The third-order valence-electron chi connectivity index (χ3n) is 3.52. The van der Waals surface area contributed by atoms with E-state index in [0.29, 0.717) is 19.5 Å². The standard InChI is InChI=1S/C13H18N2O5/c1-2-7-19-13(18)15-5-3-9(4-6-15)10-8-11(12(16)17)20-14-10/h2,9,11H,1,3-8H2,(H,16,17). The van der Waals surface area contributed by atoms with Crippen LogP contribution < -0.4 is 0 Å². The van der Waals surface area contributed by atoms with Crippen LogP contribution in [0.5, 0.6) is 0 Å². The summed E-state index contributed by atoms with van der Waals surface area (Å²) in [6.07, 6.45) is 2.16. The molecule has 0 aromatic carbocycles. The lowest BCUT2D eigenvalue weighted by Gasteiger charge is -2.30. The Morgan fingerprint density at radius 3 is 2.75 bits per heavy atom. The van der Waals surface area contributed by atoms with Crippen LogP contribution in [-0.2, 0) is 14.4 Å². The predicted molar refractivity (Wildman–Crippen MR) is 70.4 cm³/mol. The van der Waals surface area contributed by atoms with Gasteiger partial charge in [0.1, 0.15) is 6.61 Å². The lowest BCUT2D eigenvalue weighted by Crippen LogP contribution is -2.40. The van der Waals surface area contributed by atoms with E-state index in [-0.39, 0.29) is 18.6 Å². The van der Waals surface area contributed by atoms with Crippen LogP contribution in [0.2, 0.25) is 0 Å². The van der Waals surface area contributed by atoms with Gasteiger partial charge in [-0.1, -0.05) is 17.8 Å². The molecule has 1 unspecified atom stereocenters. The zero-order chi connectivity index (χ0) is 14.5. The van der Waals surface area contributed by atoms with Gasteiger partial charge >= 0.3 is 12.1 Å². The van der Waals surface area contributed by atoms with Gasteiger partial charge in [0.15, 0.2) is 0 Å². The smallest absolute Gasteiger partial charge is 0.410 e. The zero-order valence-corrected chi connectivity index (χ0v) is 11.2. The Bertz CT molecular complexity index is 426. The fourth-order valence-corrected chi connectivity index (χ4v) is 2.39. The number of likely N-dealkylation sites (tertiary alicyclic amines) is 1. The van der Waals surface area contributed by atoms with E-state index in [1.165, 1.54) is 6.08 Å². The highest BCUT2D eigenvalue weighted by Crippen LogP contribution is 2.25. The van der Waals surface area contributed by atoms with Crippen molar-refractivity contribution in [3.8, 4) is 0 Å². The molecule has 2 heterocycles. The Morgan fingerprint density at radius 1 is 1.50 bits per heavy atom. The number of hydrogen-bond donors (Lipinski definition) is 1. The molecule has 2 aliphatic rings. The van der Waals surface area contributed by atoms with Crippen molar-refractivity contribution < 1.29 is 24.3 Å². The van der Waals surface area contributed by atoms with E-state index in [1.54, 1.807) is 4.90 Å². The van der Waals surface area contributed by atoms with Crippen LogP contribution in [-0.4, -0.2) is 53.6 Å². The summed E-state index contributed by atoms with van der Waals surface area (Å²) in [6.45, 7) is 4.86. The monoisotopic (exact) mass is 282 g/mol. The second kappa shape index (κ2) is 6.40. The summed E-state index contributed by atoms with van der Waals surface area (Å²) in [6, 6.07) is 0. The first kappa shape index (κ1) is 14.4. The minimum atomic E-state index is -0.991. The van der Waals surface area contributed by atoms with Crippen LogP contribution in [0.25, 0.3) is 0 Å². The number of rotatable bonds is 4. The molecule has 20 heavy (non-hydrogen) atoms. The van der Waals surface area contributed by atoms with Crippen molar-refractivity contribution >= 4 is 17.8 Å². The minimum Gasteiger partial charge on any atom is -0.478 e. The van der Waals surface area contributed by atoms with Crippen molar-refractivity contribution in [1.29, 1.82) is 0 Å². The summed E-state index contributed by atoms with van der Waals surface area (Å²) >= 11 is 0. The fourth-order valence-electron chi connectivity index (χ4n) is 2.39. The Hall–Kier alpha value is -2.05. The van der Waals surface area contributed by atoms with Gasteiger partial charge in [0.2, 0.25) is 6.10 Å². The molecule has 7 heteroatoms. The van der Waals surface area contributed by atoms with E-state index < -0.39 is 12.1 Å². The highest BCUT2D eigenvalue weighted by molar-refractivity contribution is 5.92. The molecule has 1 atom stereocenters. The quantitative estimate of drug-likeness (QED) is 0.784. The fraction of sp³-hybridized carbons (Fsp3) is 0.615. The molecule has 0 aliphatic carbocycles. The molecule has 0 aromatic rings. The first-order valence-electron chi connectivity index (χ1n) is 6.59. The van der Waals surface area contributed by atoms with Gasteiger partial charge in [0.05, 0.1) is 5.71 Å². The van der Waals surface area contributed by atoms with E-state index in [9.17, 15) is 9.59 Å². The van der Waals surface area contributed by atoms with Gasteiger partial charge in [-0.25, -0.2) is 9.59 Å². The first-order valence-corrected chi connectivity index (χ1v) is 6.59. The topological polar surface area (TPSA) is 88.4 Å². The molecule has 1 amide bonds. The SMILES string of the molecule is C=CCOC(=O)N1CCC(C2=NOC(C(=O)O)C2)CC1. The Balaban J connectivity index is 1.79. The van der Waals surface area contributed by atoms with Crippen molar-refractivity contribution in [2.24, 2.45) is 11.1 Å². The maximum Gasteiger partial charge on any atom is 0.410 e. The van der Waals surface area contributed by atoms with Gasteiger partial charge < -0.3 is 19.6 Å². The number of aliphatic carboxylic acids is 1. The predicted octanol–water partition coefficient (Wildman–Crippen LogP) is 1.25. The molecular weight excluding hydrogens is 264 g/mol. The zero-order valence-electron chi connectivity index (χ0n) is 11.2. The summed E-state index contributed by atoms with van der Waals surface area (Å²) < 4.78 is 4.98. The number of ether oxygens (including phenoxy) is 1. The maximum atomic E-state index is 11.6. The number of piperidine rings is 1. The lowest BCUT2D eigenvalue weighted by molar-refractivity contribution is -0.148. The number of amides is 1. The molecule has 110 valence electrons. The Kier molecular flexibility index (Phi) is 4.60. The molecule has 0 saturated carbocycles. The van der Waals surface area contributed by atoms with Gasteiger partial charge in [-0.2, -0.15) is 0 Å². The minimum absolute atomic E-state index is 0.183. The molecule has 2 rings (SSSR count). The van der Waals surface area contributed by atoms with Crippen molar-refractivity contribution in [3.63, 3.8) is 0 Å². The molecule has 0 spiro atoms. The summed E-state index contributed by atoms with van der Waals surface area (Å²) in [4.78, 5) is 29.0. The second-order valence-corrected chi connectivity index (χ2v) is 4.85. The molecule has 0 radical (unpaired) electrons. The van der Waals surface area contributed by atoms with E-state index in [0.717, 1.165) is 18.6 Å². The van der Waals surface area contributed by atoms with Crippen molar-refractivity contribution in [1.82, 2.24) is 4.90 Å². The molecular formula is C13H18N2O5. The summed E-state index contributed by atoms with van der Waals surface area (Å²) in [5.74, 6) is -0.808. The number of carboxylic acid groups (broad SMARTS) is 1. The third kappa shape index (κ3) is 3.28. The van der Waals surface area contributed by atoms with Crippen molar-refractivity contribution in [2.45, 2.75) is 25.4 Å². The van der Waals surface area contributed by atoms with E-state index in [1.807, 2.05) is 0 Å². The van der Waals surface area contributed by atoms with E-state index in [4.69, 9.17) is 14.7 Å². The van der Waals surface area contributed by atoms with Gasteiger partial charge in [0, 0.05) is 25.4 Å². The maximum absolute atomic E-state index is 11.6. The second-order valence-electron chi connectivity index (χ2n) is 4.85. The van der Waals surface area contributed by atoms with Gasteiger partial charge in [-0.15, -0.1) is 0 Å².